The van der Waals surface area contributed by atoms with Crippen molar-refractivity contribution in [1.82, 2.24) is 0 Å². The molecule has 92 valence electrons. The summed E-state index contributed by atoms with van der Waals surface area (Å²) in [5.74, 6) is -2.73. The van der Waals surface area contributed by atoms with E-state index in [-0.39, 0.29) is 22.9 Å². The van der Waals surface area contributed by atoms with E-state index in [0.29, 0.717) is 12.8 Å². The fourth-order valence-corrected chi connectivity index (χ4v) is 2.85. The van der Waals surface area contributed by atoms with E-state index in [1.807, 2.05) is 0 Å². The van der Waals surface area contributed by atoms with Crippen LogP contribution in [-0.2, 0) is 10.2 Å². The van der Waals surface area contributed by atoms with Gasteiger partial charge >= 0.3 is 5.97 Å². The van der Waals surface area contributed by atoms with E-state index in [4.69, 9.17) is 0 Å². The first kappa shape index (κ1) is 12.5. The fourth-order valence-electron chi connectivity index (χ4n) is 2.52. The summed E-state index contributed by atoms with van der Waals surface area (Å²) in [6, 6.07) is 2.35. The van der Waals surface area contributed by atoms with Crippen molar-refractivity contribution in [1.29, 1.82) is 0 Å². The summed E-state index contributed by atoms with van der Waals surface area (Å²) in [6.07, 6.45) is 1.93. The maximum atomic E-state index is 14.0. The summed E-state index contributed by atoms with van der Waals surface area (Å²) in [7, 11) is 0. The Hall–Kier alpha value is -0.970. The first-order chi connectivity index (χ1) is 7.99. The van der Waals surface area contributed by atoms with Gasteiger partial charge in [-0.1, -0.05) is 12.8 Å². The van der Waals surface area contributed by atoms with Gasteiger partial charge in [-0.15, -0.1) is 0 Å². The Labute approximate surface area is 106 Å². The van der Waals surface area contributed by atoms with Gasteiger partial charge in [0.05, 0.1) is 9.89 Å². The van der Waals surface area contributed by atoms with Gasteiger partial charge in [-0.3, -0.25) is 4.79 Å². The van der Waals surface area contributed by atoms with Crippen molar-refractivity contribution in [2.45, 2.75) is 31.1 Å². The van der Waals surface area contributed by atoms with E-state index >= 15 is 0 Å². The standard InChI is InChI=1S/C12H11BrF2O2/c13-7-3-4-8(14)9(10(7)15)12(11(16)17)5-1-2-6-12/h3-4H,1-2,5-6H2,(H,16,17). The molecule has 0 atom stereocenters. The van der Waals surface area contributed by atoms with Crippen molar-refractivity contribution in [2.24, 2.45) is 0 Å². The molecule has 0 heterocycles. The lowest BCUT2D eigenvalue weighted by Crippen LogP contribution is -2.34. The summed E-state index contributed by atoms with van der Waals surface area (Å²) in [5, 5.41) is 9.31. The number of halogens is 3. The minimum atomic E-state index is -1.40. The molecule has 0 bridgehead atoms. The molecule has 1 fully saturated rings. The van der Waals surface area contributed by atoms with Crippen LogP contribution in [0.2, 0.25) is 0 Å². The third kappa shape index (κ3) is 1.86. The van der Waals surface area contributed by atoms with E-state index in [1.165, 1.54) is 6.07 Å². The van der Waals surface area contributed by atoms with E-state index in [2.05, 4.69) is 15.9 Å². The maximum absolute atomic E-state index is 14.0. The fraction of sp³-hybridized carbons (Fsp3) is 0.417. The maximum Gasteiger partial charge on any atom is 0.314 e. The summed E-state index contributed by atoms with van der Waals surface area (Å²) >= 11 is 2.97. The molecule has 1 aliphatic rings. The Morgan fingerprint density at radius 2 is 1.88 bits per heavy atom. The highest BCUT2D eigenvalue weighted by molar-refractivity contribution is 9.10. The van der Waals surface area contributed by atoms with Gasteiger partial charge in [0.1, 0.15) is 11.6 Å². The molecule has 2 nitrogen and oxygen atoms in total. The topological polar surface area (TPSA) is 37.3 Å². The molecule has 0 spiro atoms. The van der Waals surface area contributed by atoms with Crippen LogP contribution in [0, 0.1) is 11.6 Å². The summed E-state index contributed by atoms with van der Waals surface area (Å²) in [6.45, 7) is 0. The number of aliphatic carboxylic acids is 1. The van der Waals surface area contributed by atoms with Gasteiger partial charge in [0.2, 0.25) is 0 Å². The quantitative estimate of drug-likeness (QED) is 0.847. The minimum absolute atomic E-state index is 0.0985. The third-order valence-electron chi connectivity index (χ3n) is 3.39. The zero-order chi connectivity index (χ0) is 12.6. The van der Waals surface area contributed by atoms with Crippen molar-refractivity contribution >= 4 is 21.9 Å². The Balaban J connectivity index is 2.66. The normalized spacial score (nSPS) is 18.3. The van der Waals surface area contributed by atoms with Gasteiger partial charge in [-0.2, -0.15) is 0 Å². The van der Waals surface area contributed by atoms with Crippen LogP contribution in [0.15, 0.2) is 16.6 Å². The minimum Gasteiger partial charge on any atom is -0.481 e. The van der Waals surface area contributed by atoms with Crippen LogP contribution < -0.4 is 0 Å². The molecule has 0 radical (unpaired) electrons. The predicted octanol–water partition coefficient (Wildman–Crippen LogP) is 3.62. The number of carbonyl (C=O) groups is 1. The van der Waals surface area contributed by atoms with Crippen molar-refractivity contribution in [3.8, 4) is 0 Å². The van der Waals surface area contributed by atoms with Crippen molar-refractivity contribution < 1.29 is 18.7 Å². The van der Waals surface area contributed by atoms with Crippen LogP contribution in [0.25, 0.3) is 0 Å². The number of carboxylic acids is 1. The third-order valence-corrected chi connectivity index (χ3v) is 4.00. The highest BCUT2D eigenvalue weighted by Gasteiger charge is 2.46. The van der Waals surface area contributed by atoms with Crippen LogP contribution in [0.5, 0.6) is 0 Å². The molecule has 0 aromatic heterocycles. The number of carboxylic acid groups (broad SMARTS) is 1. The molecule has 2 rings (SSSR count). The van der Waals surface area contributed by atoms with Crippen LogP contribution >= 0.6 is 15.9 Å². The smallest absolute Gasteiger partial charge is 0.314 e. The molecule has 17 heavy (non-hydrogen) atoms. The Morgan fingerprint density at radius 3 is 2.41 bits per heavy atom. The van der Waals surface area contributed by atoms with Crippen LogP contribution in [0.4, 0.5) is 8.78 Å². The molecular weight excluding hydrogens is 294 g/mol. The zero-order valence-corrected chi connectivity index (χ0v) is 10.6. The second-order valence-corrected chi connectivity index (χ2v) is 5.17. The second kappa shape index (κ2) is 4.37. The number of hydrogen-bond donors (Lipinski definition) is 1. The largest absolute Gasteiger partial charge is 0.481 e. The van der Waals surface area contributed by atoms with E-state index in [1.54, 1.807) is 0 Å². The number of rotatable bonds is 2. The van der Waals surface area contributed by atoms with E-state index in [9.17, 15) is 18.7 Å². The number of benzene rings is 1. The molecule has 1 N–H and O–H groups in total. The Bertz CT molecular complexity index is 468. The molecular formula is C12H11BrF2O2. The summed E-state index contributed by atoms with van der Waals surface area (Å²) in [4.78, 5) is 11.4. The van der Waals surface area contributed by atoms with Gasteiger partial charge in [-0.05, 0) is 40.9 Å². The molecule has 1 aromatic rings. The monoisotopic (exact) mass is 304 g/mol. The lowest BCUT2D eigenvalue weighted by molar-refractivity contribution is -0.143. The highest BCUT2D eigenvalue weighted by atomic mass is 79.9. The lowest BCUT2D eigenvalue weighted by atomic mass is 9.78. The van der Waals surface area contributed by atoms with Crippen LogP contribution in [-0.4, -0.2) is 11.1 Å². The van der Waals surface area contributed by atoms with E-state index < -0.39 is 23.0 Å². The average molecular weight is 305 g/mol. The molecule has 0 aliphatic heterocycles. The predicted molar refractivity (Wildman–Crippen MR) is 61.8 cm³/mol. The SMILES string of the molecule is O=C(O)C1(c2c(F)ccc(Br)c2F)CCCC1. The van der Waals surface area contributed by atoms with E-state index in [0.717, 1.165) is 6.07 Å². The summed E-state index contributed by atoms with van der Waals surface area (Å²) < 4.78 is 27.8. The van der Waals surface area contributed by atoms with Gasteiger partial charge in [0.15, 0.2) is 0 Å². The zero-order valence-electron chi connectivity index (χ0n) is 8.97. The molecule has 1 aromatic carbocycles. The van der Waals surface area contributed by atoms with Gasteiger partial charge in [0, 0.05) is 5.56 Å². The first-order valence-electron chi connectivity index (χ1n) is 5.36. The molecule has 5 heteroatoms. The van der Waals surface area contributed by atoms with Crippen LogP contribution in [0.3, 0.4) is 0 Å². The molecule has 1 saturated carbocycles. The average Bonchev–Trinajstić information content (AvgIpc) is 2.74. The highest BCUT2D eigenvalue weighted by Crippen LogP contribution is 2.44. The molecule has 0 amide bonds. The van der Waals surface area contributed by atoms with Crippen molar-refractivity contribution in [3.05, 3.63) is 33.8 Å². The number of hydrogen-bond acceptors (Lipinski definition) is 1. The molecule has 0 unspecified atom stereocenters. The summed E-state index contributed by atoms with van der Waals surface area (Å²) in [5.41, 5.74) is -1.71. The first-order valence-corrected chi connectivity index (χ1v) is 6.16. The van der Waals surface area contributed by atoms with Crippen LogP contribution in [0.1, 0.15) is 31.2 Å². The van der Waals surface area contributed by atoms with Gasteiger partial charge < -0.3 is 5.11 Å². The second-order valence-electron chi connectivity index (χ2n) is 4.31. The van der Waals surface area contributed by atoms with Gasteiger partial charge in [0.25, 0.3) is 0 Å². The Morgan fingerprint density at radius 1 is 1.29 bits per heavy atom. The van der Waals surface area contributed by atoms with Crippen molar-refractivity contribution in [2.75, 3.05) is 0 Å². The Kier molecular flexibility index (Phi) is 3.21. The molecule has 1 aliphatic carbocycles. The van der Waals surface area contributed by atoms with Crippen molar-refractivity contribution in [3.63, 3.8) is 0 Å². The van der Waals surface area contributed by atoms with Gasteiger partial charge in [-0.25, -0.2) is 8.78 Å². The molecule has 0 saturated heterocycles. The lowest BCUT2D eigenvalue weighted by Gasteiger charge is -2.25.